The van der Waals surface area contributed by atoms with Crippen LogP contribution in [-0.2, 0) is 0 Å². The third-order valence-electron chi connectivity index (χ3n) is 14.5. The molecule has 0 spiro atoms. The van der Waals surface area contributed by atoms with Gasteiger partial charge in [-0.15, -0.1) is 0 Å². The molecule has 0 amide bonds. The molecule has 2 nitrogen and oxygen atoms in total. The van der Waals surface area contributed by atoms with Gasteiger partial charge in [-0.05, 0) is 0 Å². The van der Waals surface area contributed by atoms with E-state index < -0.39 is 26.5 Å². The number of hydrogen-bond acceptors (Lipinski definition) is 2. The molecule has 12 aromatic carbocycles. The van der Waals surface area contributed by atoms with Crippen LogP contribution in [-0.4, -0.2) is 26.5 Å². The van der Waals surface area contributed by atoms with Crippen molar-refractivity contribution in [2.75, 3.05) is 9.80 Å². The Morgan fingerprint density at radius 3 is 0.914 bits per heavy atom. The molecule has 0 radical (unpaired) electrons. The van der Waals surface area contributed by atoms with Gasteiger partial charge in [0.25, 0.3) is 0 Å². The predicted octanol–water partition coefficient (Wildman–Crippen LogP) is 18.3. The van der Waals surface area contributed by atoms with Crippen LogP contribution in [0.15, 0.2) is 231 Å². The van der Waals surface area contributed by atoms with Gasteiger partial charge >= 0.3 is 408 Å². The average Bonchev–Trinajstić information content (AvgIpc) is 3.39. The van der Waals surface area contributed by atoms with Crippen LogP contribution in [0.4, 0.5) is 34.1 Å². The summed E-state index contributed by atoms with van der Waals surface area (Å²) >= 11 is -4.51. The Morgan fingerprint density at radius 1 is 0.243 bits per heavy atom. The van der Waals surface area contributed by atoms with Gasteiger partial charge in [0.05, 0.1) is 0 Å². The van der Waals surface area contributed by atoms with Crippen LogP contribution in [0.5, 0.6) is 0 Å². The molecule has 70 heavy (non-hydrogen) atoms. The second-order valence-corrected chi connectivity index (χ2v) is 42.1. The second kappa shape index (κ2) is 17.4. The van der Waals surface area contributed by atoms with E-state index in [2.05, 4.69) is 275 Å². The maximum absolute atomic E-state index is 2.53. The van der Waals surface area contributed by atoms with E-state index in [-0.39, 0.29) is 0 Å². The van der Waals surface area contributed by atoms with Gasteiger partial charge in [0.2, 0.25) is 0 Å². The van der Waals surface area contributed by atoms with Gasteiger partial charge < -0.3 is 0 Å². The van der Waals surface area contributed by atoms with Gasteiger partial charge in [0.15, 0.2) is 0 Å². The van der Waals surface area contributed by atoms with Crippen molar-refractivity contribution >= 4 is 123 Å². The molecule has 4 heteroatoms. The van der Waals surface area contributed by atoms with E-state index in [4.69, 9.17) is 0 Å². The molecule has 0 aromatic heterocycles. The number of anilines is 6. The van der Waals surface area contributed by atoms with Crippen LogP contribution in [0.2, 0.25) is 34.5 Å². The molecule has 12 rings (SSSR count). The van der Waals surface area contributed by atoms with Crippen LogP contribution in [0, 0.1) is 0 Å². The zero-order valence-corrected chi connectivity index (χ0v) is 45.0. The molecule has 0 aliphatic rings. The summed E-state index contributed by atoms with van der Waals surface area (Å²) in [6.07, 6.45) is 0. The normalized spacial score (nSPS) is 12.1. The fourth-order valence-electron chi connectivity index (χ4n) is 11.1. The standard InChI is InChI=1S/C66H56Ge2N2/c1-67(2,3)59-39-43-61(55-23-15-13-21-53(55)59)69(51-33-25-47(26-34-51)45-17-9-7-10-18-45)63-41-31-49-30-38-58-64(42-32-50-29-37-57(63)65(49)66(50)58)70(52-35-27-48(28-36-52)46-19-11-8-12-20-46)62-44-40-60(68(4,5)6)54-22-14-16-24-56(54)62/h7-44H,1-6H3. The van der Waals surface area contributed by atoms with Crippen molar-refractivity contribution in [1.82, 2.24) is 0 Å². The first-order chi connectivity index (χ1) is 34.0. The molecule has 0 N–H and O–H groups in total. The maximum atomic E-state index is 2.53. The van der Waals surface area contributed by atoms with Gasteiger partial charge in [-0.25, -0.2) is 0 Å². The Kier molecular flexibility index (Phi) is 11.0. The number of hydrogen-bond donors (Lipinski definition) is 0. The average molecular weight is 1020 g/mol. The number of benzene rings is 12. The summed E-state index contributed by atoms with van der Waals surface area (Å²) < 4.78 is 3.06. The Labute approximate surface area is 417 Å². The third kappa shape index (κ3) is 7.66. The summed E-state index contributed by atoms with van der Waals surface area (Å²) in [5.74, 6) is 15.0. The zero-order valence-electron chi connectivity index (χ0n) is 40.8. The Bertz CT molecular complexity index is 3630. The molecule has 0 atom stereocenters. The van der Waals surface area contributed by atoms with Gasteiger partial charge in [0.1, 0.15) is 0 Å². The molecule has 0 saturated heterocycles. The summed E-state index contributed by atoms with van der Waals surface area (Å²) in [4.78, 5) is 5.05. The minimum absolute atomic E-state index is 1.13. The van der Waals surface area contributed by atoms with E-state index in [9.17, 15) is 0 Å². The fraction of sp³-hybridized carbons (Fsp3) is 0.0909. The van der Waals surface area contributed by atoms with Crippen molar-refractivity contribution in [1.29, 1.82) is 0 Å². The summed E-state index contributed by atoms with van der Waals surface area (Å²) in [5.41, 5.74) is 11.8. The minimum atomic E-state index is -2.26. The zero-order chi connectivity index (χ0) is 47.7. The van der Waals surface area contributed by atoms with Crippen LogP contribution < -0.4 is 18.6 Å². The van der Waals surface area contributed by atoms with Crippen molar-refractivity contribution in [2.45, 2.75) is 34.5 Å². The molecule has 0 unspecified atom stereocenters. The van der Waals surface area contributed by atoms with Crippen molar-refractivity contribution in [3.05, 3.63) is 231 Å². The second-order valence-electron chi connectivity index (χ2n) is 20.9. The van der Waals surface area contributed by atoms with Gasteiger partial charge in [0, 0.05) is 0 Å². The molecular formula is C66H56Ge2N2. The van der Waals surface area contributed by atoms with Gasteiger partial charge in [-0.3, -0.25) is 0 Å². The summed E-state index contributed by atoms with van der Waals surface area (Å²) in [5, 5.41) is 12.8. The predicted molar refractivity (Wildman–Crippen MR) is 311 cm³/mol. The molecule has 0 aliphatic carbocycles. The fourth-order valence-corrected chi connectivity index (χ4v) is 17.9. The molecule has 0 bridgehead atoms. The van der Waals surface area contributed by atoms with Crippen molar-refractivity contribution in [2.24, 2.45) is 0 Å². The van der Waals surface area contributed by atoms with Crippen LogP contribution in [0.3, 0.4) is 0 Å². The van der Waals surface area contributed by atoms with Crippen molar-refractivity contribution in [3.8, 4) is 22.3 Å². The monoisotopic (exact) mass is 1020 g/mol. The quantitative estimate of drug-likeness (QED) is 0.0995. The molecule has 0 aliphatic heterocycles. The molecule has 12 aromatic rings. The number of rotatable bonds is 10. The molecule has 0 saturated carbocycles. The SMILES string of the molecule is [CH3][Ge]([CH3])([CH3])[c]1ccc(N(c2ccc(-c3ccccc3)cc2)c2ccc3ccc4c(N(c5ccc(-c6ccccc6)cc5)c5cc[c]([Ge]([CH3])([CH3])[CH3])c6ccccc56)ccc5ccc2c3c54)c2ccccc12. The topological polar surface area (TPSA) is 6.48 Å². The van der Waals surface area contributed by atoms with E-state index in [0.717, 1.165) is 22.7 Å². The third-order valence-corrected chi connectivity index (χ3v) is 23.1. The summed E-state index contributed by atoms with van der Waals surface area (Å²) in [6.45, 7) is 0. The van der Waals surface area contributed by atoms with Crippen molar-refractivity contribution in [3.63, 3.8) is 0 Å². The van der Waals surface area contributed by atoms with E-state index in [1.54, 1.807) is 0 Å². The Balaban J connectivity index is 1.10. The van der Waals surface area contributed by atoms with Crippen molar-refractivity contribution < 1.29 is 0 Å². The summed E-state index contributed by atoms with van der Waals surface area (Å²) in [7, 11) is 0. The van der Waals surface area contributed by atoms with Crippen LogP contribution in [0.25, 0.3) is 76.1 Å². The van der Waals surface area contributed by atoms with Gasteiger partial charge in [-0.1, -0.05) is 12.1 Å². The van der Waals surface area contributed by atoms with Gasteiger partial charge in [-0.2, -0.15) is 0 Å². The Morgan fingerprint density at radius 2 is 0.543 bits per heavy atom. The summed E-state index contributed by atoms with van der Waals surface area (Å²) in [6, 6.07) is 86.5. The first-order valence-corrected chi connectivity index (χ1v) is 39.4. The molecule has 0 fully saturated rings. The molecule has 338 valence electrons. The van der Waals surface area contributed by atoms with Crippen LogP contribution >= 0.6 is 0 Å². The molecular weight excluding hydrogens is 966 g/mol. The Hall–Kier alpha value is -7.11. The first-order valence-electron chi connectivity index (χ1n) is 24.7. The first kappa shape index (κ1) is 44.1. The number of fused-ring (bicyclic) bond motifs is 2. The van der Waals surface area contributed by atoms with E-state index in [1.807, 2.05) is 0 Å². The van der Waals surface area contributed by atoms with E-state index >= 15 is 0 Å². The molecule has 0 heterocycles. The van der Waals surface area contributed by atoms with Crippen LogP contribution in [0.1, 0.15) is 0 Å². The number of nitrogens with zero attached hydrogens (tertiary/aromatic N) is 2. The van der Waals surface area contributed by atoms with E-state index in [0.29, 0.717) is 0 Å². The van der Waals surface area contributed by atoms with E-state index in [1.165, 1.54) is 96.3 Å².